The van der Waals surface area contributed by atoms with Crippen LogP contribution in [0.4, 0.5) is 0 Å². The van der Waals surface area contributed by atoms with E-state index >= 15 is 0 Å². The minimum absolute atomic E-state index is 0.642. The average Bonchev–Trinajstić information content (AvgIpc) is 2.77. The second kappa shape index (κ2) is 6.36. The summed E-state index contributed by atoms with van der Waals surface area (Å²) in [6, 6.07) is 7.88. The molecule has 2 aromatic rings. The predicted molar refractivity (Wildman–Crippen MR) is 77.0 cm³/mol. The summed E-state index contributed by atoms with van der Waals surface area (Å²) in [7, 11) is 0. The largest absolute Gasteiger partial charge is 0.431 e. The standard InChI is InChI=1S/C13H17NOS2/c1-2-5-10(8-16)9-17-13-14-11-6-3-4-7-12(11)15-13/h3-4,6-7,10,16H,2,5,8-9H2,1H3. The van der Waals surface area contributed by atoms with Gasteiger partial charge in [0, 0.05) is 5.75 Å². The van der Waals surface area contributed by atoms with E-state index in [2.05, 4.69) is 24.5 Å². The third-order valence-electron chi connectivity index (χ3n) is 2.67. The molecule has 0 saturated carbocycles. The third kappa shape index (κ3) is 3.42. The molecule has 0 aliphatic heterocycles. The molecule has 0 bridgehead atoms. The van der Waals surface area contributed by atoms with Crippen molar-refractivity contribution in [2.45, 2.75) is 25.0 Å². The van der Waals surface area contributed by atoms with Gasteiger partial charge in [0.1, 0.15) is 5.52 Å². The number of oxazole rings is 1. The van der Waals surface area contributed by atoms with Gasteiger partial charge < -0.3 is 4.42 Å². The van der Waals surface area contributed by atoms with Gasteiger partial charge in [-0.25, -0.2) is 4.98 Å². The molecule has 1 aromatic heterocycles. The molecular formula is C13H17NOS2. The molecule has 92 valence electrons. The number of hydrogen-bond donors (Lipinski definition) is 1. The summed E-state index contributed by atoms with van der Waals surface area (Å²) >= 11 is 6.07. The van der Waals surface area contributed by atoms with Crippen molar-refractivity contribution >= 4 is 35.5 Å². The smallest absolute Gasteiger partial charge is 0.256 e. The van der Waals surface area contributed by atoms with E-state index in [4.69, 9.17) is 4.42 Å². The van der Waals surface area contributed by atoms with E-state index in [9.17, 15) is 0 Å². The van der Waals surface area contributed by atoms with Crippen molar-refractivity contribution < 1.29 is 4.42 Å². The van der Waals surface area contributed by atoms with Crippen LogP contribution in [0.2, 0.25) is 0 Å². The molecule has 0 aliphatic rings. The van der Waals surface area contributed by atoms with Crippen LogP contribution >= 0.6 is 24.4 Å². The molecule has 1 aromatic carbocycles. The molecule has 2 nitrogen and oxygen atoms in total. The Bertz CT molecular complexity index is 436. The number of nitrogens with zero attached hydrogens (tertiary/aromatic N) is 1. The first kappa shape index (κ1) is 12.8. The fourth-order valence-electron chi connectivity index (χ4n) is 1.74. The van der Waals surface area contributed by atoms with Gasteiger partial charge in [0.25, 0.3) is 5.22 Å². The van der Waals surface area contributed by atoms with Crippen LogP contribution in [-0.4, -0.2) is 16.5 Å². The summed E-state index contributed by atoms with van der Waals surface area (Å²) in [5.74, 6) is 2.61. The Kier molecular flexibility index (Phi) is 4.80. The van der Waals surface area contributed by atoms with Crippen molar-refractivity contribution in [2.24, 2.45) is 5.92 Å². The maximum Gasteiger partial charge on any atom is 0.256 e. The van der Waals surface area contributed by atoms with Crippen LogP contribution in [0, 0.1) is 5.92 Å². The van der Waals surface area contributed by atoms with Crippen molar-refractivity contribution in [1.29, 1.82) is 0 Å². The zero-order valence-electron chi connectivity index (χ0n) is 9.93. The molecule has 0 saturated heterocycles. The fourth-order valence-corrected chi connectivity index (χ4v) is 3.20. The number of fused-ring (bicyclic) bond motifs is 1. The zero-order valence-corrected chi connectivity index (χ0v) is 11.6. The van der Waals surface area contributed by atoms with Crippen LogP contribution in [0.25, 0.3) is 11.1 Å². The second-order valence-electron chi connectivity index (χ2n) is 4.10. The van der Waals surface area contributed by atoms with Gasteiger partial charge in [-0.3, -0.25) is 0 Å². The summed E-state index contributed by atoms with van der Waals surface area (Å²) in [5, 5.41) is 0.772. The van der Waals surface area contributed by atoms with Crippen molar-refractivity contribution in [3.63, 3.8) is 0 Å². The van der Waals surface area contributed by atoms with Gasteiger partial charge >= 0.3 is 0 Å². The Morgan fingerprint density at radius 2 is 2.24 bits per heavy atom. The molecule has 0 fully saturated rings. The third-order valence-corrected chi connectivity index (χ3v) is 4.25. The van der Waals surface area contributed by atoms with E-state index in [1.165, 1.54) is 12.8 Å². The first-order chi connectivity index (χ1) is 8.33. The lowest BCUT2D eigenvalue weighted by molar-refractivity contribution is 0.487. The molecule has 0 radical (unpaired) electrons. The van der Waals surface area contributed by atoms with Gasteiger partial charge in [-0.2, -0.15) is 12.6 Å². The first-order valence-corrected chi connectivity index (χ1v) is 7.54. The number of aromatic nitrogens is 1. The molecule has 0 amide bonds. The highest BCUT2D eigenvalue weighted by molar-refractivity contribution is 7.99. The quantitative estimate of drug-likeness (QED) is 0.625. The molecule has 0 N–H and O–H groups in total. The van der Waals surface area contributed by atoms with Gasteiger partial charge in [0.05, 0.1) is 0 Å². The topological polar surface area (TPSA) is 26.0 Å². The Labute approximate surface area is 112 Å². The maximum atomic E-state index is 5.67. The second-order valence-corrected chi connectivity index (χ2v) is 5.43. The van der Waals surface area contributed by atoms with E-state index in [0.717, 1.165) is 27.8 Å². The summed E-state index contributed by atoms with van der Waals surface area (Å²) in [6.45, 7) is 2.21. The van der Waals surface area contributed by atoms with Gasteiger partial charge in [-0.05, 0) is 30.2 Å². The van der Waals surface area contributed by atoms with E-state index in [1.54, 1.807) is 11.8 Å². The molecule has 1 atom stereocenters. The minimum atomic E-state index is 0.642. The van der Waals surface area contributed by atoms with E-state index in [-0.39, 0.29) is 0 Å². The lowest BCUT2D eigenvalue weighted by atomic mass is 10.1. The summed E-state index contributed by atoms with van der Waals surface area (Å²) in [6.07, 6.45) is 2.43. The molecule has 1 heterocycles. The van der Waals surface area contributed by atoms with E-state index in [1.807, 2.05) is 24.3 Å². The Balaban J connectivity index is 1.98. The summed E-state index contributed by atoms with van der Waals surface area (Å²) < 4.78 is 5.67. The van der Waals surface area contributed by atoms with E-state index < -0.39 is 0 Å². The Morgan fingerprint density at radius 1 is 1.41 bits per heavy atom. The van der Waals surface area contributed by atoms with Crippen molar-refractivity contribution in [1.82, 2.24) is 4.98 Å². The minimum Gasteiger partial charge on any atom is -0.431 e. The first-order valence-electron chi connectivity index (χ1n) is 5.92. The van der Waals surface area contributed by atoms with E-state index in [0.29, 0.717) is 5.92 Å². The monoisotopic (exact) mass is 267 g/mol. The molecule has 2 rings (SSSR count). The molecule has 4 heteroatoms. The SMILES string of the molecule is CCCC(CS)CSc1nc2ccccc2o1. The highest BCUT2D eigenvalue weighted by atomic mass is 32.2. The highest BCUT2D eigenvalue weighted by Crippen LogP contribution is 2.26. The van der Waals surface area contributed by atoms with Gasteiger partial charge in [-0.15, -0.1) is 0 Å². The Hall–Kier alpha value is -0.610. The number of benzene rings is 1. The van der Waals surface area contributed by atoms with Crippen molar-refractivity contribution in [3.8, 4) is 0 Å². The van der Waals surface area contributed by atoms with Gasteiger partial charge in [-0.1, -0.05) is 37.2 Å². The number of para-hydroxylation sites is 2. The summed E-state index contributed by atoms with van der Waals surface area (Å²) in [5.41, 5.74) is 1.81. The number of thiol groups is 1. The molecule has 0 aliphatic carbocycles. The highest BCUT2D eigenvalue weighted by Gasteiger charge is 2.10. The number of thioether (sulfide) groups is 1. The van der Waals surface area contributed by atoms with Crippen LogP contribution in [0.1, 0.15) is 19.8 Å². The molecule has 1 unspecified atom stereocenters. The fraction of sp³-hybridized carbons (Fsp3) is 0.462. The van der Waals surface area contributed by atoms with Gasteiger partial charge in [0.15, 0.2) is 5.58 Å². The van der Waals surface area contributed by atoms with Gasteiger partial charge in [0.2, 0.25) is 0 Å². The average molecular weight is 267 g/mol. The van der Waals surface area contributed by atoms with Crippen LogP contribution in [0.3, 0.4) is 0 Å². The number of hydrogen-bond acceptors (Lipinski definition) is 4. The zero-order chi connectivity index (χ0) is 12.1. The molecule has 0 spiro atoms. The number of rotatable bonds is 6. The van der Waals surface area contributed by atoms with Crippen molar-refractivity contribution in [3.05, 3.63) is 24.3 Å². The lowest BCUT2D eigenvalue weighted by Crippen LogP contribution is -2.04. The van der Waals surface area contributed by atoms with Crippen LogP contribution in [-0.2, 0) is 0 Å². The molecular weight excluding hydrogens is 250 g/mol. The maximum absolute atomic E-state index is 5.67. The summed E-state index contributed by atoms with van der Waals surface area (Å²) in [4.78, 5) is 4.45. The van der Waals surface area contributed by atoms with Crippen LogP contribution in [0.5, 0.6) is 0 Å². The lowest BCUT2D eigenvalue weighted by Gasteiger charge is -2.10. The predicted octanol–water partition coefficient (Wildman–Crippen LogP) is 4.27. The Morgan fingerprint density at radius 3 is 2.94 bits per heavy atom. The van der Waals surface area contributed by atoms with Crippen LogP contribution in [0.15, 0.2) is 33.9 Å². The normalized spacial score (nSPS) is 13.1. The van der Waals surface area contributed by atoms with Crippen LogP contribution < -0.4 is 0 Å². The molecule has 17 heavy (non-hydrogen) atoms. The van der Waals surface area contributed by atoms with Crippen molar-refractivity contribution in [2.75, 3.05) is 11.5 Å².